The van der Waals surface area contributed by atoms with Crippen molar-refractivity contribution in [2.75, 3.05) is 50.1 Å². The third-order valence-corrected chi connectivity index (χ3v) is 7.92. The summed E-state index contributed by atoms with van der Waals surface area (Å²) in [5.41, 5.74) is 2.24. The van der Waals surface area contributed by atoms with Crippen LogP contribution in [0.3, 0.4) is 0 Å². The number of hydrogen-bond acceptors (Lipinski definition) is 5. The number of aliphatic hydroxyl groups excluding tert-OH is 1. The van der Waals surface area contributed by atoms with Crippen LogP contribution in [-0.2, 0) is 0 Å². The molecule has 1 saturated heterocycles. The second-order valence-corrected chi connectivity index (χ2v) is 10.6. The van der Waals surface area contributed by atoms with Gasteiger partial charge in [0.1, 0.15) is 5.82 Å². The van der Waals surface area contributed by atoms with Gasteiger partial charge in [-0.2, -0.15) is 0 Å². The first kappa shape index (κ1) is 26.4. The average molecular weight is 557 g/mol. The van der Waals surface area contributed by atoms with Crippen molar-refractivity contribution in [3.8, 4) is 11.1 Å². The Bertz CT molecular complexity index is 1390. The zero-order valence-corrected chi connectivity index (χ0v) is 22.5. The summed E-state index contributed by atoms with van der Waals surface area (Å²) >= 11 is 12.7. The van der Waals surface area contributed by atoms with Gasteiger partial charge in [-0.05, 0) is 54.7 Å². The first-order valence-electron chi connectivity index (χ1n) is 12.3. The van der Waals surface area contributed by atoms with E-state index in [4.69, 9.17) is 23.2 Å². The van der Waals surface area contributed by atoms with E-state index in [1.807, 2.05) is 6.07 Å². The van der Waals surface area contributed by atoms with Crippen LogP contribution < -0.4 is 9.80 Å². The zero-order chi connectivity index (χ0) is 27.1. The van der Waals surface area contributed by atoms with E-state index in [-0.39, 0.29) is 29.6 Å². The number of carbonyl (C=O) groups is 2. The molecular formula is C28H27Cl2FN4O3. The maximum atomic E-state index is 14.6. The van der Waals surface area contributed by atoms with Crippen LogP contribution in [-0.4, -0.2) is 67.1 Å². The van der Waals surface area contributed by atoms with E-state index in [1.165, 1.54) is 34.4 Å². The molecule has 2 aliphatic rings. The maximum absolute atomic E-state index is 14.6. The molecule has 7 nitrogen and oxygen atoms in total. The minimum absolute atomic E-state index is 0.0295. The predicted octanol–water partition coefficient (Wildman–Crippen LogP) is 4.99. The molecule has 0 radical (unpaired) electrons. The molecule has 1 aliphatic heterocycles. The Balaban J connectivity index is 1.55. The smallest absolute Gasteiger partial charge is 0.263 e. The molecule has 1 aromatic heterocycles. The second-order valence-electron chi connectivity index (χ2n) is 9.83. The van der Waals surface area contributed by atoms with E-state index >= 15 is 0 Å². The molecule has 2 fully saturated rings. The fourth-order valence-corrected chi connectivity index (χ4v) is 5.47. The van der Waals surface area contributed by atoms with Gasteiger partial charge in [0.25, 0.3) is 11.8 Å². The van der Waals surface area contributed by atoms with Crippen LogP contribution in [0, 0.1) is 17.7 Å². The second kappa shape index (κ2) is 10.5. The number of halogens is 3. The van der Waals surface area contributed by atoms with Crippen LogP contribution in [0.4, 0.5) is 15.9 Å². The number of likely N-dealkylation sites (N-methyl/N-ethyl adjacent to an activating group) is 1. The number of benzene rings is 2. The Hall–Kier alpha value is -3.20. The number of aromatic nitrogens is 1. The molecule has 1 saturated carbocycles. The highest BCUT2D eigenvalue weighted by Crippen LogP contribution is 2.48. The Morgan fingerprint density at radius 3 is 2.50 bits per heavy atom. The van der Waals surface area contributed by atoms with Crippen molar-refractivity contribution >= 4 is 46.5 Å². The number of fused-ring (bicyclic) bond motifs is 1. The molecule has 38 heavy (non-hydrogen) atoms. The molecule has 2 unspecified atom stereocenters. The van der Waals surface area contributed by atoms with Crippen LogP contribution in [0.2, 0.25) is 10.0 Å². The number of rotatable bonds is 7. The van der Waals surface area contributed by atoms with Gasteiger partial charge in [-0.3, -0.25) is 14.5 Å². The third kappa shape index (κ3) is 4.96. The average Bonchev–Trinajstić information content (AvgIpc) is 3.52. The van der Waals surface area contributed by atoms with Gasteiger partial charge in [-0.15, -0.1) is 0 Å². The minimum Gasteiger partial charge on any atom is -0.395 e. The topological polar surface area (TPSA) is 77.0 Å². The van der Waals surface area contributed by atoms with Gasteiger partial charge < -0.3 is 14.9 Å². The van der Waals surface area contributed by atoms with Crippen molar-refractivity contribution in [3.63, 3.8) is 0 Å². The number of aliphatic hydroxyl groups is 1. The molecule has 0 bridgehead atoms. The van der Waals surface area contributed by atoms with E-state index in [0.717, 1.165) is 18.8 Å². The highest BCUT2D eigenvalue weighted by molar-refractivity contribution is 6.34. The summed E-state index contributed by atoms with van der Waals surface area (Å²) in [5, 5.41) is 9.67. The molecule has 1 N–H and O–H groups in total. The number of piperidine rings is 1. The van der Waals surface area contributed by atoms with Crippen molar-refractivity contribution in [1.82, 2.24) is 9.88 Å². The van der Waals surface area contributed by atoms with Crippen LogP contribution in [0.5, 0.6) is 0 Å². The predicted molar refractivity (Wildman–Crippen MR) is 147 cm³/mol. The van der Waals surface area contributed by atoms with E-state index in [0.29, 0.717) is 39.4 Å². The lowest BCUT2D eigenvalue weighted by atomic mass is 10.0. The van der Waals surface area contributed by atoms with Crippen LogP contribution in [0.15, 0.2) is 48.7 Å². The Morgan fingerprint density at radius 2 is 1.82 bits per heavy atom. The summed E-state index contributed by atoms with van der Waals surface area (Å²) in [6.07, 6.45) is 2.78. The molecule has 0 spiro atoms. The largest absolute Gasteiger partial charge is 0.395 e. The fraction of sp³-hybridized carbons (Fsp3) is 0.321. The number of pyridine rings is 1. The van der Waals surface area contributed by atoms with E-state index < -0.39 is 11.7 Å². The summed E-state index contributed by atoms with van der Waals surface area (Å²) in [7, 11) is 3.17. The van der Waals surface area contributed by atoms with Gasteiger partial charge in [-0.1, -0.05) is 29.3 Å². The molecule has 2 heterocycles. The summed E-state index contributed by atoms with van der Waals surface area (Å²) in [4.78, 5) is 35.7. The summed E-state index contributed by atoms with van der Waals surface area (Å²) in [6.45, 7) is 1.74. The third-order valence-electron chi connectivity index (χ3n) is 7.27. The SMILES string of the molecule is CN(CCO)C(=O)c1ccc(Cl)c(-c2cnc(N(C)C(=O)c3c(F)cccc3Cl)c(N3CC4CC4C3)c2)c1. The molecular weight excluding hydrogens is 530 g/mol. The molecule has 5 rings (SSSR count). The molecule has 1 aliphatic carbocycles. The highest BCUT2D eigenvalue weighted by atomic mass is 35.5. The van der Waals surface area contributed by atoms with Crippen molar-refractivity contribution in [2.45, 2.75) is 6.42 Å². The lowest BCUT2D eigenvalue weighted by Gasteiger charge is -2.27. The highest BCUT2D eigenvalue weighted by Gasteiger charge is 2.46. The zero-order valence-electron chi connectivity index (χ0n) is 21.0. The quantitative estimate of drug-likeness (QED) is 0.443. The normalized spacial score (nSPS) is 17.8. The lowest BCUT2D eigenvalue weighted by Crippen LogP contribution is -2.31. The monoisotopic (exact) mass is 556 g/mol. The summed E-state index contributed by atoms with van der Waals surface area (Å²) in [5.74, 6) is 0.0602. The Labute approximate surface area is 230 Å². The number of carbonyl (C=O) groups excluding carboxylic acids is 2. The molecule has 10 heteroatoms. The van der Waals surface area contributed by atoms with Crippen molar-refractivity contribution in [3.05, 3.63) is 75.7 Å². The lowest BCUT2D eigenvalue weighted by molar-refractivity contribution is 0.0767. The van der Waals surface area contributed by atoms with Crippen LogP contribution in [0.1, 0.15) is 27.1 Å². The molecule has 3 aromatic rings. The molecule has 198 valence electrons. The standard InChI is InChI=1S/C28H27Cl2FN4O3/c1-33(8-9-36)27(37)16-6-7-21(29)20(11-16)17-12-24(35-14-18-10-19(18)15-35)26(32-13-17)34(2)28(38)25-22(30)4-3-5-23(25)31/h3-7,11-13,18-19,36H,8-10,14-15H2,1-2H3. The molecule has 2 aromatic carbocycles. The fourth-order valence-electron chi connectivity index (χ4n) is 5.00. The number of anilines is 2. The van der Waals surface area contributed by atoms with Crippen molar-refractivity contribution < 1.29 is 19.1 Å². The van der Waals surface area contributed by atoms with Gasteiger partial charge >= 0.3 is 0 Å². The first-order chi connectivity index (χ1) is 18.2. The summed E-state index contributed by atoms with van der Waals surface area (Å²) < 4.78 is 14.6. The Morgan fingerprint density at radius 1 is 1.08 bits per heavy atom. The molecule has 2 atom stereocenters. The van der Waals surface area contributed by atoms with Gasteiger partial charge in [0.2, 0.25) is 0 Å². The van der Waals surface area contributed by atoms with Gasteiger partial charge in [0.15, 0.2) is 5.82 Å². The minimum atomic E-state index is -0.700. The van der Waals surface area contributed by atoms with Crippen molar-refractivity contribution in [2.24, 2.45) is 11.8 Å². The van der Waals surface area contributed by atoms with Crippen molar-refractivity contribution in [1.29, 1.82) is 0 Å². The first-order valence-corrected chi connectivity index (χ1v) is 13.1. The molecule has 2 amide bonds. The number of hydrogen-bond donors (Lipinski definition) is 1. The Kier molecular flexibility index (Phi) is 7.31. The van der Waals surface area contributed by atoms with Crippen LogP contribution in [0.25, 0.3) is 11.1 Å². The number of nitrogens with zero attached hydrogens (tertiary/aromatic N) is 4. The number of amides is 2. The van der Waals surface area contributed by atoms with Gasteiger partial charge in [0, 0.05) is 61.6 Å². The van der Waals surface area contributed by atoms with Gasteiger partial charge in [0.05, 0.1) is 22.9 Å². The van der Waals surface area contributed by atoms with E-state index in [1.54, 1.807) is 38.5 Å². The maximum Gasteiger partial charge on any atom is 0.263 e. The van der Waals surface area contributed by atoms with Crippen LogP contribution >= 0.6 is 23.2 Å². The van der Waals surface area contributed by atoms with E-state index in [2.05, 4.69) is 9.88 Å². The van der Waals surface area contributed by atoms with Gasteiger partial charge in [-0.25, -0.2) is 9.37 Å². The summed E-state index contributed by atoms with van der Waals surface area (Å²) in [6, 6.07) is 11.0. The van der Waals surface area contributed by atoms with E-state index in [9.17, 15) is 19.1 Å².